The number of ether oxygens (including phenoxy) is 1. The van der Waals surface area contributed by atoms with Gasteiger partial charge in [-0.3, -0.25) is 9.59 Å². The third-order valence-electron chi connectivity index (χ3n) is 5.12. The first kappa shape index (κ1) is 22.6. The Bertz CT molecular complexity index is 1250. The first-order valence-corrected chi connectivity index (χ1v) is 10.8. The monoisotopic (exact) mass is 464 g/mol. The Hall–Kier alpha value is -3.64. The second-order valence-electron chi connectivity index (χ2n) is 7.95. The summed E-state index contributed by atoms with van der Waals surface area (Å²) in [6.45, 7) is 5.66. The second-order valence-corrected chi connectivity index (χ2v) is 8.39. The normalized spacial score (nSPS) is 13.8. The number of amides is 2. The summed E-state index contributed by atoms with van der Waals surface area (Å²) in [5, 5.41) is 3.49. The van der Waals surface area contributed by atoms with Gasteiger partial charge in [-0.2, -0.15) is 0 Å². The van der Waals surface area contributed by atoms with Crippen molar-refractivity contribution in [2.75, 3.05) is 10.2 Å². The van der Waals surface area contributed by atoms with Crippen LogP contribution in [-0.4, -0.2) is 17.9 Å². The number of nitrogens with zero attached hydrogens (tertiary/aromatic N) is 1. The third-order valence-corrected chi connectivity index (χ3v) is 5.36. The molecule has 168 valence electrons. The maximum absolute atomic E-state index is 13.5. The molecule has 3 aromatic carbocycles. The number of hydrogen-bond donors (Lipinski definition) is 1. The molecule has 1 aliphatic rings. The molecule has 5 nitrogen and oxygen atoms in total. The molecule has 0 saturated carbocycles. The fourth-order valence-corrected chi connectivity index (χ4v) is 3.77. The maximum atomic E-state index is 13.5. The Kier molecular flexibility index (Phi) is 6.20. The molecule has 0 bridgehead atoms. The van der Waals surface area contributed by atoms with E-state index in [1.807, 2.05) is 13.8 Å². The highest BCUT2D eigenvalue weighted by Gasteiger charge is 2.41. The van der Waals surface area contributed by atoms with Crippen LogP contribution >= 0.6 is 11.6 Å². The third kappa shape index (κ3) is 4.61. The van der Waals surface area contributed by atoms with Gasteiger partial charge in [-0.1, -0.05) is 29.8 Å². The molecule has 1 heterocycles. The summed E-state index contributed by atoms with van der Waals surface area (Å²) in [6, 6.07) is 17.6. The number of imide groups is 1. The molecule has 1 aliphatic heterocycles. The van der Waals surface area contributed by atoms with E-state index in [9.17, 15) is 14.0 Å². The largest absolute Gasteiger partial charge is 0.491 e. The van der Waals surface area contributed by atoms with E-state index < -0.39 is 17.6 Å². The van der Waals surface area contributed by atoms with E-state index >= 15 is 0 Å². The first-order valence-electron chi connectivity index (χ1n) is 10.4. The maximum Gasteiger partial charge on any atom is 0.282 e. The number of carbonyl (C=O) groups is 2. The molecule has 0 fully saturated rings. The van der Waals surface area contributed by atoms with Gasteiger partial charge < -0.3 is 10.1 Å². The molecule has 2 amide bonds. The van der Waals surface area contributed by atoms with Crippen LogP contribution in [0.15, 0.2) is 72.4 Å². The number of nitrogens with one attached hydrogen (secondary N) is 1. The van der Waals surface area contributed by atoms with Gasteiger partial charge in [0.15, 0.2) is 0 Å². The van der Waals surface area contributed by atoms with Gasteiger partial charge in [0, 0.05) is 10.7 Å². The van der Waals surface area contributed by atoms with Gasteiger partial charge in [-0.15, -0.1) is 0 Å². The number of hydrogen-bond acceptors (Lipinski definition) is 4. The molecule has 3 aromatic rings. The number of halogens is 2. The molecule has 0 aromatic heterocycles. The van der Waals surface area contributed by atoms with Crippen molar-refractivity contribution in [2.24, 2.45) is 0 Å². The molecular formula is C26H22ClFN2O3. The van der Waals surface area contributed by atoms with E-state index in [2.05, 4.69) is 5.32 Å². The summed E-state index contributed by atoms with van der Waals surface area (Å²) >= 11 is 6.15. The lowest BCUT2D eigenvalue weighted by molar-refractivity contribution is -0.120. The van der Waals surface area contributed by atoms with Crippen molar-refractivity contribution in [1.82, 2.24) is 0 Å². The molecule has 4 rings (SSSR count). The topological polar surface area (TPSA) is 58.6 Å². The van der Waals surface area contributed by atoms with Crippen LogP contribution < -0.4 is 15.0 Å². The number of aryl methyl sites for hydroxylation is 1. The minimum absolute atomic E-state index is 0.0279. The molecule has 0 saturated heterocycles. The highest BCUT2D eigenvalue weighted by molar-refractivity contribution is 6.46. The Labute approximate surface area is 196 Å². The zero-order chi connectivity index (χ0) is 23.7. The average molecular weight is 465 g/mol. The quantitative estimate of drug-likeness (QED) is 0.456. The summed E-state index contributed by atoms with van der Waals surface area (Å²) in [6.07, 6.45) is 0.0279. The fourth-order valence-electron chi connectivity index (χ4n) is 3.61. The van der Waals surface area contributed by atoms with Crippen molar-refractivity contribution in [3.8, 4) is 5.75 Å². The number of anilines is 2. The molecule has 0 unspecified atom stereocenters. The summed E-state index contributed by atoms with van der Waals surface area (Å²) in [4.78, 5) is 28.1. The average Bonchev–Trinajstić information content (AvgIpc) is 3.01. The summed E-state index contributed by atoms with van der Waals surface area (Å²) in [5.41, 5.74) is 2.40. The SMILES string of the molecule is Cc1ccc(Cl)cc1N1C(=O)C(Nc2ccc(OC(C)C)cc2)=C(c2ccc(F)cc2)C1=O. The van der Waals surface area contributed by atoms with E-state index in [0.717, 1.165) is 10.5 Å². The van der Waals surface area contributed by atoms with E-state index in [4.69, 9.17) is 16.3 Å². The Morgan fingerprint density at radius 3 is 2.24 bits per heavy atom. The number of rotatable bonds is 6. The summed E-state index contributed by atoms with van der Waals surface area (Å²) in [7, 11) is 0. The molecule has 0 aliphatic carbocycles. The molecule has 1 N–H and O–H groups in total. The lowest BCUT2D eigenvalue weighted by atomic mass is 10.0. The van der Waals surface area contributed by atoms with Crippen molar-refractivity contribution in [3.05, 3.63) is 94.4 Å². The summed E-state index contributed by atoms with van der Waals surface area (Å²) < 4.78 is 19.2. The van der Waals surface area contributed by atoms with Crippen LogP contribution in [0.25, 0.3) is 5.57 Å². The molecule has 0 radical (unpaired) electrons. The van der Waals surface area contributed by atoms with E-state index in [-0.39, 0.29) is 17.4 Å². The van der Waals surface area contributed by atoms with E-state index in [1.165, 1.54) is 24.3 Å². The van der Waals surface area contributed by atoms with Crippen LogP contribution in [0.3, 0.4) is 0 Å². The standard InChI is InChI=1S/C26H22ClFN2O3/c1-15(2)33-21-12-10-20(11-13-21)29-24-23(17-5-8-19(28)9-6-17)25(31)30(26(24)32)22-14-18(27)7-4-16(22)3/h4-15,29H,1-3H3. The Balaban J connectivity index is 1.77. The van der Waals surface area contributed by atoms with Gasteiger partial charge in [0.2, 0.25) is 0 Å². The minimum atomic E-state index is -0.521. The molecular weight excluding hydrogens is 443 g/mol. The summed E-state index contributed by atoms with van der Waals surface area (Å²) in [5.74, 6) is -0.784. The van der Waals surface area contributed by atoms with Crippen molar-refractivity contribution in [1.29, 1.82) is 0 Å². The van der Waals surface area contributed by atoms with Crippen molar-refractivity contribution >= 4 is 40.4 Å². The Morgan fingerprint density at radius 2 is 1.61 bits per heavy atom. The van der Waals surface area contributed by atoms with Gasteiger partial charge in [-0.05, 0) is 80.4 Å². The molecule has 33 heavy (non-hydrogen) atoms. The second kappa shape index (κ2) is 9.08. The van der Waals surface area contributed by atoms with Crippen molar-refractivity contribution in [3.63, 3.8) is 0 Å². The minimum Gasteiger partial charge on any atom is -0.491 e. The van der Waals surface area contributed by atoms with Crippen LogP contribution in [0, 0.1) is 12.7 Å². The van der Waals surface area contributed by atoms with E-state index in [1.54, 1.807) is 49.4 Å². The molecule has 0 spiro atoms. The predicted octanol–water partition coefficient (Wildman–Crippen LogP) is 5.97. The van der Waals surface area contributed by atoms with Gasteiger partial charge in [0.1, 0.15) is 17.3 Å². The van der Waals surface area contributed by atoms with Crippen LogP contribution in [0.2, 0.25) is 5.02 Å². The zero-order valence-electron chi connectivity index (χ0n) is 18.4. The fraction of sp³-hybridized carbons (Fsp3) is 0.154. The van der Waals surface area contributed by atoms with Gasteiger partial charge >= 0.3 is 0 Å². The van der Waals surface area contributed by atoms with Crippen molar-refractivity contribution < 1.29 is 18.7 Å². The van der Waals surface area contributed by atoms with Gasteiger partial charge in [0.25, 0.3) is 11.8 Å². The van der Waals surface area contributed by atoms with Crippen LogP contribution in [0.4, 0.5) is 15.8 Å². The highest BCUT2D eigenvalue weighted by atomic mass is 35.5. The van der Waals surface area contributed by atoms with Crippen LogP contribution in [0.5, 0.6) is 5.75 Å². The van der Waals surface area contributed by atoms with Crippen molar-refractivity contribution in [2.45, 2.75) is 26.9 Å². The number of carbonyl (C=O) groups excluding carboxylic acids is 2. The predicted molar refractivity (Wildman–Crippen MR) is 128 cm³/mol. The van der Waals surface area contributed by atoms with Gasteiger partial charge in [-0.25, -0.2) is 9.29 Å². The number of benzene rings is 3. The van der Waals surface area contributed by atoms with Crippen LogP contribution in [-0.2, 0) is 9.59 Å². The lowest BCUT2D eigenvalue weighted by Crippen LogP contribution is -2.33. The lowest BCUT2D eigenvalue weighted by Gasteiger charge is -2.18. The van der Waals surface area contributed by atoms with Crippen LogP contribution in [0.1, 0.15) is 25.0 Å². The Morgan fingerprint density at radius 1 is 0.939 bits per heavy atom. The first-order chi connectivity index (χ1) is 15.7. The zero-order valence-corrected chi connectivity index (χ0v) is 19.1. The van der Waals surface area contributed by atoms with E-state index in [0.29, 0.717) is 27.7 Å². The molecule has 0 atom stereocenters. The highest BCUT2D eigenvalue weighted by Crippen LogP contribution is 2.36. The molecule has 7 heteroatoms. The van der Waals surface area contributed by atoms with Gasteiger partial charge in [0.05, 0.1) is 17.4 Å². The smallest absolute Gasteiger partial charge is 0.282 e.